The van der Waals surface area contributed by atoms with E-state index >= 15 is 0 Å². The van der Waals surface area contributed by atoms with Crippen LogP contribution in [-0.4, -0.2) is 24.5 Å². The van der Waals surface area contributed by atoms with E-state index in [4.69, 9.17) is 4.52 Å². The van der Waals surface area contributed by atoms with Crippen LogP contribution in [0.25, 0.3) is 28.1 Å². The van der Waals surface area contributed by atoms with Crippen molar-refractivity contribution < 1.29 is 4.52 Å². The highest BCUT2D eigenvalue weighted by molar-refractivity contribution is 5.84. The summed E-state index contributed by atoms with van der Waals surface area (Å²) in [5.74, 6) is 1.01. The van der Waals surface area contributed by atoms with E-state index in [1.165, 1.54) is 0 Å². The molecule has 0 unspecified atom stereocenters. The number of hydrogen-bond donors (Lipinski definition) is 0. The summed E-state index contributed by atoms with van der Waals surface area (Å²) in [5, 5.41) is 3.82. The molecule has 0 fully saturated rings. The fraction of sp³-hybridized carbons (Fsp3) is 0.143. The van der Waals surface area contributed by atoms with Crippen LogP contribution >= 0.6 is 0 Å². The van der Waals surface area contributed by atoms with Gasteiger partial charge >= 0.3 is 0 Å². The first-order chi connectivity index (χ1) is 9.74. The summed E-state index contributed by atoms with van der Waals surface area (Å²) in [4.78, 5) is 13.3. The Balaban J connectivity index is 2.13. The van der Waals surface area contributed by atoms with E-state index in [1.807, 2.05) is 35.6 Å². The number of fused-ring (bicyclic) bond motifs is 3. The van der Waals surface area contributed by atoms with Crippen LogP contribution in [-0.2, 0) is 0 Å². The number of para-hydroxylation sites is 2. The summed E-state index contributed by atoms with van der Waals surface area (Å²) in [6, 6.07) is 7.95. The second-order valence-electron chi connectivity index (χ2n) is 4.64. The summed E-state index contributed by atoms with van der Waals surface area (Å²) in [6.07, 6.45) is 1.77. The lowest BCUT2D eigenvalue weighted by atomic mass is 10.2. The molecule has 0 atom stereocenters. The SMILES string of the molecule is Cc1noc(-c2ncn3c2c(C)nc2ccccc23)n1. The third kappa shape index (κ3) is 1.45. The van der Waals surface area contributed by atoms with Gasteiger partial charge in [0.2, 0.25) is 0 Å². The topological polar surface area (TPSA) is 69.1 Å². The van der Waals surface area contributed by atoms with Gasteiger partial charge in [-0.25, -0.2) is 9.97 Å². The van der Waals surface area contributed by atoms with Gasteiger partial charge in [0, 0.05) is 0 Å². The molecule has 3 heterocycles. The third-order valence-corrected chi connectivity index (χ3v) is 3.27. The summed E-state index contributed by atoms with van der Waals surface area (Å²) >= 11 is 0. The van der Waals surface area contributed by atoms with Crippen LogP contribution in [0.3, 0.4) is 0 Å². The smallest absolute Gasteiger partial charge is 0.278 e. The molecule has 0 amide bonds. The number of hydrogen-bond acceptors (Lipinski definition) is 5. The van der Waals surface area contributed by atoms with Crippen molar-refractivity contribution in [2.75, 3.05) is 0 Å². The highest BCUT2D eigenvalue weighted by atomic mass is 16.5. The average Bonchev–Trinajstić information content (AvgIpc) is 3.05. The number of benzene rings is 1. The Morgan fingerprint density at radius 1 is 1.10 bits per heavy atom. The average molecular weight is 265 g/mol. The van der Waals surface area contributed by atoms with Crippen molar-refractivity contribution in [1.82, 2.24) is 24.5 Å². The van der Waals surface area contributed by atoms with Crippen LogP contribution in [0.5, 0.6) is 0 Å². The molecule has 4 rings (SSSR count). The number of rotatable bonds is 1. The van der Waals surface area contributed by atoms with Crippen molar-refractivity contribution in [3.05, 3.63) is 42.1 Å². The summed E-state index contributed by atoms with van der Waals surface area (Å²) in [5.41, 5.74) is 4.38. The van der Waals surface area contributed by atoms with Gasteiger partial charge < -0.3 is 4.52 Å². The van der Waals surface area contributed by atoms with Gasteiger partial charge in [-0.05, 0) is 26.0 Å². The van der Waals surface area contributed by atoms with Gasteiger partial charge in [-0.3, -0.25) is 4.40 Å². The Labute approximate surface area is 114 Å². The molecule has 0 aliphatic rings. The molecular formula is C14H11N5O. The molecule has 0 spiro atoms. The molecule has 0 radical (unpaired) electrons. The lowest BCUT2D eigenvalue weighted by molar-refractivity contribution is 0.425. The normalized spacial score (nSPS) is 11.5. The zero-order valence-corrected chi connectivity index (χ0v) is 11.0. The van der Waals surface area contributed by atoms with E-state index in [2.05, 4.69) is 20.1 Å². The predicted octanol–water partition coefficient (Wildman–Crippen LogP) is 2.55. The molecule has 0 N–H and O–H groups in total. The van der Waals surface area contributed by atoms with Gasteiger partial charge in [0.15, 0.2) is 11.5 Å². The first-order valence-electron chi connectivity index (χ1n) is 6.27. The van der Waals surface area contributed by atoms with E-state index in [0.717, 1.165) is 22.2 Å². The molecule has 0 saturated heterocycles. The summed E-state index contributed by atoms with van der Waals surface area (Å²) < 4.78 is 7.23. The minimum Gasteiger partial charge on any atom is -0.332 e. The zero-order valence-electron chi connectivity index (χ0n) is 11.0. The van der Waals surface area contributed by atoms with E-state index in [1.54, 1.807) is 13.3 Å². The molecule has 0 aliphatic heterocycles. The maximum atomic E-state index is 5.22. The van der Waals surface area contributed by atoms with Crippen molar-refractivity contribution in [3.8, 4) is 11.6 Å². The van der Waals surface area contributed by atoms with Gasteiger partial charge in [0.05, 0.1) is 22.2 Å². The fourth-order valence-corrected chi connectivity index (χ4v) is 2.42. The van der Waals surface area contributed by atoms with Crippen LogP contribution in [0.15, 0.2) is 35.1 Å². The highest BCUT2D eigenvalue weighted by Gasteiger charge is 2.17. The Hall–Kier alpha value is -2.76. The van der Waals surface area contributed by atoms with Crippen LogP contribution in [0, 0.1) is 13.8 Å². The van der Waals surface area contributed by atoms with E-state index < -0.39 is 0 Å². The first kappa shape index (κ1) is 11.1. The minimum atomic E-state index is 0.421. The maximum Gasteiger partial charge on any atom is 0.278 e. The van der Waals surface area contributed by atoms with Crippen molar-refractivity contribution in [1.29, 1.82) is 0 Å². The number of imidazole rings is 1. The van der Waals surface area contributed by atoms with Crippen LogP contribution < -0.4 is 0 Å². The van der Waals surface area contributed by atoms with Crippen LogP contribution in [0.1, 0.15) is 11.5 Å². The Morgan fingerprint density at radius 2 is 1.95 bits per heavy atom. The van der Waals surface area contributed by atoms with Crippen molar-refractivity contribution in [3.63, 3.8) is 0 Å². The zero-order chi connectivity index (χ0) is 13.7. The molecule has 6 heteroatoms. The van der Waals surface area contributed by atoms with Gasteiger partial charge in [-0.2, -0.15) is 4.98 Å². The Bertz CT molecular complexity index is 937. The third-order valence-electron chi connectivity index (χ3n) is 3.27. The number of nitrogens with zero attached hydrogens (tertiary/aromatic N) is 5. The van der Waals surface area contributed by atoms with Gasteiger partial charge in [-0.1, -0.05) is 17.3 Å². The molecule has 20 heavy (non-hydrogen) atoms. The maximum absolute atomic E-state index is 5.22. The van der Waals surface area contributed by atoms with Crippen molar-refractivity contribution >= 4 is 16.6 Å². The predicted molar refractivity (Wildman–Crippen MR) is 73.3 cm³/mol. The quantitative estimate of drug-likeness (QED) is 0.529. The first-order valence-corrected chi connectivity index (χ1v) is 6.27. The van der Waals surface area contributed by atoms with Crippen LogP contribution in [0.4, 0.5) is 0 Å². The van der Waals surface area contributed by atoms with Gasteiger partial charge in [0.1, 0.15) is 6.33 Å². The molecule has 98 valence electrons. The number of aromatic nitrogens is 5. The lowest BCUT2D eigenvalue weighted by Gasteiger charge is -2.04. The van der Waals surface area contributed by atoms with E-state index in [9.17, 15) is 0 Å². The summed E-state index contributed by atoms with van der Waals surface area (Å²) in [6.45, 7) is 3.74. The second kappa shape index (κ2) is 3.86. The van der Waals surface area contributed by atoms with Crippen molar-refractivity contribution in [2.24, 2.45) is 0 Å². The monoisotopic (exact) mass is 265 g/mol. The molecule has 1 aromatic carbocycles. The minimum absolute atomic E-state index is 0.421. The lowest BCUT2D eigenvalue weighted by Crippen LogP contribution is -1.94. The molecule has 6 nitrogen and oxygen atoms in total. The summed E-state index contributed by atoms with van der Waals surface area (Å²) in [7, 11) is 0. The number of aryl methyl sites for hydroxylation is 2. The molecule has 0 saturated carbocycles. The Kier molecular flexibility index (Phi) is 2.14. The van der Waals surface area contributed by atoms with E-state index in [-0.39, 0.29) is 0 Å². The molecule has 0 aliphatic carbocycles. The van der Waals surface area contributed by atoms with Crippen LogP contribution in [0.2, 0.25) is 0 Å². The van der Waals surface area contributed by atoms with Crippen molar-refractivity contribution in [2.45, 2.75) is 13.8 Å². The van der Waals surface area contributed by atoms with Gasteiger partial charge in [0.25, 0.3) is 5.89 Å². The fourth-order valence-electron chi connectivity index (χ4n) is 2.42. The highest BCUT2D eigenvalue weighted by Crippen LogP contribution is 2.26. The molecule has 3 aromatic heterocycles. The Morgan fingerprint density at radius 3 is 2.75 bits per heavy atom. The molecular weight excluding hydrogens is 254 g/mol. The molecule has 4 aromatic rings. The van der Waals surface area contributed by atoms with E-state index in [0.29, 0.717) is 17.4 Å². The largest absolute Gasteiger partial charge is 0.332 e. The second-order valence-corrected chi connectivity index (χ2v) is 4.64. The molecule has 0 bridgehead atoms. The van der Waals surface area contributed by atoms with Gasteiger partial charge in [-0.15, -0.1) is 0 Å². The standard InChI is InChI=1S/C14H11N5O/c1-8-13-12(14-17-9(2)18-20-14)15-7-19(13)11-6-4-3-5-10(11)16-8/h3-7H,1-2H3.